The maximum absolute atomic E-state index is 5.81. The number of hydrogen-bond acceptors (Lipinski definition) is 2. The van der Waals surface area contributed by atoms with Crippen molar-refractivity contribution in [1.82, 2.24) is 0 Å². The van der Waals surface area contributed by atoms with Gasteiger partial charge in [0, 0.05) is 6.61 Å². The van der Waals surface area contributed by atoms with Crippen molar-refractivity contribution in [2.75, 3.05) is 13.4 Å². The minimum atomic E-state index is 0.445. The molecule has 17 heavy (non-hydrogen) atoms. The van der Waals surface area contributed by atoms with E-state index in [0.29, 0.717) is 12.9 Å². The molecule has 102 valence electrons. The molecular formula is C15H30O2. The van der Waals surface area contributed by atoms with Gasteiger partial charge in [-0.05, 0) is 19.8 Å². The van der Waals surface area contributed by atoms with Gasteiger partial charge in [-0.25, -0.2) is 0 Å². The van der Waals surface area contributed by atoms with Gasteiger partial charge in [-0.1, -0.05) is 57.8 Å². The Balaban J connectivity index is 2.17. The van der Waals surface area contributed by atoms with E-state index in [1.54, 1.807) is 0 Å². The third-order valence-electron chi connectivity index (χ3n) is 3.64. The lowest BCUT2D eigenvalue weighted by Gasteiger charge is -2.18. The molecule has 0 amide bonds. The predicted octanol–water partition coefficient (Wildman–Crippen LogP) is 4.67. The summed E-state index contributed by atoms with van der Waals surface area (Å²) in [7, 11) is 0. The Kier molecular flexibility index (Phi) is 9.72. The van der Waals surface area contributed by atoms with Crippen molar-refractivity contribution < 1.29 is 9.47 Å². The molecule has 1 aliphatic rings. The standard InChI is InChI=1S/C15H30O2/c1-2-16-14-17-15-12-10-8-6-4-3-5-7-9-11-13-15/h15H,2-14H2,1H3. The number of ether oxygens (including phenoxy) is 2. The maximum Gasteiger partial charge on any atom is 0.147 e. The van der Waals surface area contributed by atoms with E-state index < -0.39 is 0 Å². The van der Waals surface area contributed by atoms with Crippen molar-refractivity contribution >= 4 is 0 Å². The predicted molar refractivity (Wildman–Crippen MR) is 72.2 cm³/mol. The molecule has 0 aromatic rings. The molecule has 0 heterocycles. The van der Waals surface area contributed by atoms with Gasteiger partial charge in [0.2, 0.25) is 0 Å². The van der Waals surface area contributed by atoms with Crippen LogP contribution in [0.3, 0.4) is 0 Å². The second-order valence-corrected chi connectivity index (χ2v) is 5.16. The first-order valence-electron chi connectivity index (χ1n) is 7.63. The minimum absolute atomic E-state index is 0.445. The van der Waals surface area contributed by atoms with Gasteiger partial charge in [0.05, 0.1) is 6.10 Å². The Labute approximate surface area is 107 Å². The zero-order valence-corrected chi connectivity index (χ0v) is 11.6. The monoisotopic (exact) mass is 242 g/mol. The summed E-state index contributed by atoms with van der Waals surface area (Å²) in [5.74, 6) is 0. The third-order valence-corrected chi connectivity index (χ3v) is 3.64. The van der Waals surface area contributed by atoms with Crippen LogP contribution in [0.5, 0.6) is 0 Å². The third kappa shape index (κ3) is 8.62. The van der Waals surface area contributed by atoms with E-state index in [9.17, 15) is 0 Å². The first kappa shape index (κ1) is 15.0. The van der Waals surface area contributed by atoms with Crippen LogP contribution in [0.4, 0.5) is 0 Å². The van der Waals surface area contributed by atoms with Crippen molar-refractivity contribution in [1.29, 1.82) is 0 Å². The van der Waals surface area contributed by atoms with Crippen molar-refractivity contribution in [2.45, 2.75) is 83.7 Å². The molecule has 1 aliphatic carbocycles. The highest BCUT2D eigenvalue weighted by molar-refractivity contribution is 4.60. The molecule has 0 aliphatic heterocycles. The Morgan fingerprint density at radius 1 is 0.765 bits per heavy atom. The van der Waals surface area contributed by atoms with Crippen LogP contribution in [0.15, 0.2) is 0 Å². The zero-order valence-electron chi connectivity index (χ0n) is 11.6. The zero-order chi connectivity index (χ0) is 12.2. The second-order valence-electron chi connectivity index (χ2n) is 5.16. The normalized spacial score (nSPS) is 21.7. The topological polar surface area (TPSA) is 18.5 Å². The molecule has 1 saturated carbocycles. The van der Waals surface area contributed by atoms with Crippen molar-refractivity contribution in [3.05, 3.63) is 0 Å². The van der Waals surface area contributed by atoms with Crippen LogP contribution in [0, 0.1) is 0 Å². The quantitative estimate of drug-likeness (QED) is 0.527. The number of hydrogen-bond donors (Lipinski definition) is 0. The van der Waals surface area contributed by atoms with Crippen LogP contribution in [0.25, 0.3) is 0 Å². The number of rotatable bonds is 4. The molecule has 0 aromatic heterocycles. The van der Waals surface area contributed by atoms with E-state index in [4.69, 9.17) is 9.47 Å². The van der Waals surface area contributed by atoms with Crippen molar-refractivity contribution in [3.8, 4) is 0 Å². The van der Waals surface area contributed by atoms with Crippen LogP contribution in [0.2, 0.25) is 0 Å². The highest BCUT2D eigenvalue weighted by Crippen LogP contribution is 2.18. The SMILES string of the molecule is CCOCOC1CCCCCCCCCCC1. The van der Waals surface area contributed by atoms with E-state index >= 15 is 0 Å². The minimum Gasteiger partial charge on any atom is -0.356 e. The van der Waals surface area contributed by atoms with E-state index in [1.807, 2.05) is 6.92 Å². The molecule has 0 spiro atoms. The van der Waals surface area contributed by atoms with Gasteiger partial charge in [0.15, 0.2) is 0 Å². The van der Waals surface area contributed by atoms with Gasteiger partial charge in [0.1, 0.15) is 6.79 Å². The van der Waals surface area contributed by atoms with Gasteiger partial charge >= 0.3 is 0 Å². The first-order chi connectivity index (χ1) is 8.43. The van der Waals surface area contributed by atoms with Gasteiger partial charge in [-0.3, -0.25) is 0 Å². The molecule has 0 unspecified atom stereocenters. The molecular weight excluding hydrogens is 212 g/mol. The Morgan fingerprint density at radius 2 is 1.24 bits per heavy atom. The fourth-order valence-corrected chi connectivity index (χ4v) is 2.52. The summed E-state index contributed by atoms with van der Waals surface area (Å²) >= 11 is 0. The average molecular weight is 242 g/mol. The summed E-state index contributed by atoms with van der Waals surface area (Å²) in [5, 5.41) is 0. The highest BCUT2D eigenvalue weighted by Gasteiger charge is 2.09. The van der Waals surface area contributed by atoms with Gasteiger partial charge in [0.25, 0.3) is 0 Å². The highest BCUT2D eigenvalue weighted by atomic mass is 16.7. The van der Waals surface area contributed by atoms with Crippen LogP contribution < -0.4 is 0 Å². The second kappa shape index (κ2) is 11.0. The molecule has 0 N–H and O–H groups in total. The molecule has 0 atom stereocenters. The van der Waals surface area contributed by atoms with Crippen LogP contribution in [-0.4, -0.2) is 19.5 Å². The summed E-state index contributed by atoms with van der Waals surface area (Å²) in [6.07, 6.45) is 15.5. The lowest BCUT2D eigenvalue weighted by atomic mass is 9.99. The van der Waals surface area contributed by atoms with E-state index in [1.165, 1.54) is 70.6 Å². The van der Waals surface area contributed by atoms with Crippen molar-refractivity contribution in [2.24, 2.45) is 0 Å². The summed E-state index contributed by atoms with van der Waals surface area (Å²) in [6, 6.07) is 0. The summed E-state index contributed by atoms with van der Waals surface area (Å²) in [5.41, 5.74) is 0. The van der Waals surface area contributed by atoms with Crippen LogP contribution in [-0.2, 0) is 9.47 Å². The van der Waals surface area contributed by atoms with Gasteiger partial charge in [-0.15, -0.1) is 0 Å². The molecule has 1 fully saturated rings. The molecule has 0 aromatic carbocycles. The fraction of sp³-hybridized carbons (Fsp3) is 1.00. The van der Waals surface area contributed by atoms with Crippen molar-refractivity contribution in [3.63, 3.8) is 0 Å². The molecule has 0 bridgehead atoms. The summed E-state index contributed by atoms with van der Waals surface area (Å²) in [6.45, 7) is 3.26. The van der Waals surface area contributed by atoms with Gasteiger partial charge in [-0.2, -0.15) is 0 Å². The lowest BCUT2D eigenvalue weighted by Crippen LogP contribution is -2.15. The van der Waals surface area contributed by atoms with Gasteiger partial charge < -0.3 is 9.47 Å². The summed E-state index contributed by atoms with van der Waals surface area (Å²) in [4.78, 5) is 0. The Bertz CT molecular complexity index is 147. The first-order valence-corrected chi connectivity index (χ1v) is 7.63. The molecule has 2 nitrogen and oxygen atoms in total. The molecule has 0 saturated heterocycles. The largest absolute Gasteiger partial charge is 0.356 e. The summed E-state index contributed by atoms with van der Waals surface area (Å²) < 4.78 is 11.1. The van der Waals surface area contributed by atoms with Crippen LogP contribution >= 0.6 is 0 Å². The molecule has 1 rings (SSSR count). The fourth-order valence-electron chi connectivity index (χ4n) is 2.52. The maximum atomic E-state index is 5.81. The average Bonchev–Trinajstić information content (AvgIpc) is 2.32. The van der Waals surface area contributed by atoms with E-state index in [2.05, 4.69) is 0 Å². The van der Waals surface area contributed by atoms with Crippen LogP contribution in [0.1, 0.15) is 77.6 Å². The van der Waals surface area contributed by atoms with E-state index in [0.717, 1.165) is 6.61 Å². The Hall–Kier alpha value is -0.0800. The smallest absolute Gasteiger partial charge is 0.147 e. The van der Waals surface area contributed by atoms with E-state index in [-0.39, 0.29) is 0 Å². The lowest BCUT2D eigenvalue weighted by molar-refractivity contribution is -0.0914. The molecule has 2 heteroatoms. The molecule has 0 radical (unpaired) electrons. The Morgan fingerprint density at radius 3 is 1.71 bits per heavy atom.